The molecule has 1 atom stereocenters. The van der Waals surface area contributed by atoms with Gasteiger partial charge in [0.25, 0.3) is 0 Å². The smallest absolute Gasteiger partial charge is 0.236 e. The number of nitrogens with zero attached hydrogens (tertiary/aromatic N) is 3. The molecule has 6 heteroatoms. The van der Waals surface area contributed by atoms with Crippen LogP contribution in [0.25, 0.3) is 0 Å². The topological polar surface area (TPSA) is 61.9 Å². The zero-order valence-corrected chi connectivity index (χ0v) is 14.2. The van der Waals surface area contributed by atoms with Gasteiger partial charge in [0.1, 0.15) is 5.82 Å². The van der Waals surface area contributed by atoms with E-state index in [0.29, 0.717) is 11.7 Å². The molecule has 1 amide bonds. The van der Waals surface area contributed by atoms with Crippen LogP contribution in [0, 0.1) is 0 Å². The second-order valence-corrected chi connectivity index (χ2v) is 6.98. The fourth-order valence-electron chi connectivity index (χ4n) is 2.78. The van der Waals surface area contributed by atoms with Gasteiger partial charge in [0, 0.05) is 19.5 Å². The van der Waals surface area contributed by atoms with Crippen LogP contribution in [0.5, 0.6) is 0 Å². The van der Waals surface area contributed by atoms with Gasteiger partial charge in [-0.1, -0.05) is 49.0 Å². The number of thioether (sulfide) groups is 1. The molecule has 0 saturated carbocycles. The van der Waals surface area contributed by atoms with Crippen molar-refractivity contribution < 1.29 is 4.79 Å². The van der Waals surface area contributed by atoms with E-state index in [0.717, 1.165) is 38.1 Å². The van der Waals surface area contributed by atoms with Crippen molar-refractivity contribution in [2.45, 2.75) is 49.6 Å². The van der Waals surface area contributed by atoms with Crippen LogP contribution in [0.2, 0.25) is 0 Å². The van der Waals surface area contributed by atoms with E-state index < -0.39 is 0 Å². The van der Waals surface area contributed by atoms with Crippen LogP contribution in [0.3, 0.4) is 0 Å². The molecule has 5 nitrogen and oxygen atoms in total. The number of nitrogens with one attached hydrogen (secondary N) is 1. The number of amides is 1. The number of likely N-dealkylation sites (tertiary alicyclic amines) is 1. The minimum atomic E-state index is -0.0715. The van der Waals surface area contributed by atoms with Gasteiger partial charge in [0.15, 0.2) is 0 Å². The highest BCUT2D eigenvalue weighted by atomic mass is 32.2. The van der Waals surface area contributed by atoms with Gasteiger partial charge in [0.2, 0.25) is 11.1 Å². The number of hydrogen-bond acceptors (Lipinski definition) is 4. The SMILES string of the molecule is CCCc1nc(SC2CCCN(Cc3ccccc3)C2=O)n[nH]1. The number of rotatable bonds is 6. The predicted molar refractivity (Wildman–Crippen MR) is 91.1 cm³/mol. The molecule has 1 aliphatic heterocycles. The average Bonchev–Trinajstić information content (AvgIpc) is 3.00. The molecule has 0 aliphatic carbocycles. The summed E-state index contributed by atoms with van der Waals surface area (Å²) in [6, 6.07) is 10.2. The molecule has 0 radical (unpaired) electrons. The van der Waals surface area contributed by atoms with E-state index in [4.69, 9.17) is 0 Å². The second kappa shape index (κ2) is 7.64. The first-order valence-electron chi connectivity index (χ1n) is 8.17. The number of hydrogen-bond donors (Lipinski definition) is 1. The van der Waals surface area contributed by atoms with Crippen molar-refractivity contribution in [3.05, 3.63) is 41.7 Å². The highest BCUT2D eigenvalue weighted by molar-refractivity contribution is 8.00. The Morgan fingerprint density at radius 2 is 2.17 bits per heavy atom. The van der Waals surface area contributed by atoms with Gasteiger partial charge in [-0.2, -0.15) is 0 Å². The summed E-state index contributed by atoms with van der Waals surface area (Å²) in [6.45, 7) is 3.63. The number of piperidine rings is 1. The van der Waals surface area contributed by atoms with E-state index in [1.165, 1.54) is 17.3 Å². The Morgan fingerprint density at radius 1 is 1.35 bits per heavy atom. The maximum Gasteiger partial charge on any atom is 0.236 e. The maximum absolute atomic E-state index is 12.7. The third kappa shape index (κ3) is 4.13. The fraction of sp³-hybridized carbons (Fsp3) is 0.471. The molecule has 0 spiro atoms. The van der Waals surface area contributed by atoms with E-state index in [1.807, 2.05) is 23.1 Å². The summed E-state index contributed by atoms with van der Waals surface area (Å²) in [5.41, 5.74) is 1.18. The van der Waals surface area contributed by atoms with Crippen molar-refractivity contribution in [2.24, 2.45) is 0 Å². The lowest BCUT2D eigenvalue weighted by Gasteiger charge is -2.31. The standard InChI is InChI=1S/C17H22N4OS/c1-2-7-15-18-17(20-19-15)23-14-10-6-11-21(16(14)22)12-13-8-4-3-5-9-13/h3-5,8-9,14H,2,6-7,10-12H2,1H3,(H,18,19,20). The van der Waals surface area contributed by atoms with E-state index in [9.17, 15) is 4.79 Å². The van der Waals surface area contributed by atoms with Crippen LogP contribution in [-0.2, 0) is 17.8 Å². The first-order valence-corrected chi connectivity index (χ1v) is 9.05. The number of aryl methyl sites for hydroxylation is 1. The van der Waals surface area contributed by atoms with Crippen LogP contribution in [0.15, 0.2) is 35.5 Å². The summed E-state index contributed by atoms with van der Waals surface area (Å²) in [5, 5.41) is 7.80. The largest absolute Gasteiger partial charge is 0.337 e. The van der Waals surface area contributed by atoms with Crippen molar-refractivity contribution >= 4 is 17.7 Å². The Hall–Kier alpha value is -1.82. The van der Waals surface area contributed by atoms with Crippen molar-refractivity contribution in [3.63, 3.8) is 0 Å². The predicted octanol–water partition coefficient (Wildman–Crippen LogP) is 3.04. The Morgan fingerprint density at radius 3 is 2.96 bits per heavy atom. The van der Waals surface area contributed by atoms with Gasteiger partial charge >= 0.3 is 0 Å². The third-order valence-electron chi connectivity index (χ3n) is 3.94. The number of carbonyl (C=O) groups is 1. The van der Waals surface area contributed by atoms with Gasteiger partial charge in [-0.3, -0.25) is 9.89 Å². The molecule has 1 saturated heterocycles. The molecule has 0 bridgehead atoms. The number of benzene rings is 1. The Labute approximate surface area is 140 Å². The monoisotopic (exact) mass is 330 g/mol. The summed E-state index contributed by atoms with van der Waals surface area (Å²) in [6.07, 6.45) is 3.85. The van der Waals surface area contributed by atoms with Crippen LogP contribution < -0.4 is 0 Å². The van der Waals surface area contributed by atoms with Crippen molar-refractivity contribution in [2.75, 3.05) is 6.54 Å². The van der Waals surface area contributed by atoms with Gasteiger partial charge in [0.05, 0.1) is 5.25 Å². The summed E-state index contributed by atoms with van der Waals surface area (Å²) in [5.74, 6) is 1.10. The highest BCUT2D eigenvalue weighted by Crippen LogP contribution is 2.29. The molecule has 1 fully saturated rings. The summed E-state index contributed by atoms with van der Waals surface area (Å²) in [7, 11) is 0. The minimum Gasteiger partial charge on any atom is -0.337 e. The fourth-order valence-corrected chi connectivity index (χ4v) is 3.83. The first-order chi connectivity index (χ1) is 11.3. The molecule has 1 aromatic carbocycles. The molecule has 3 rings (SSSR count). The van der Waals surface area contributed by atoms with E-state index in [2.05, 4.69) is 34.2 Å². The maximum atomic E-state index is 12.7. The molecule has 1 unspecified atom stereocenters. The van der Waals surface area contributed by atoms with Gasteiger partial charge in [-0.05, 0) is 24.8 Å². The van der Waals surface area contributed by atoms with Crippen molar-refractivity contribution in [3.8, 4) is 0 Å². The summed E-state index contributed by atoms with van der Waals surface area (Å²) < 4.78 is 0. The third-order valence-corrected chi connectivity index (χ3v) is 5.06. The van der Waals surface area contributed by atoms with Gasteiger partial charge < -0.3 is 4.90 Å². The lowest BCUT2D eigenvalue weighted by molar-refractivity contribution is -0.133. The lowest BCUT2D eigenvalue weighted by atomic mass is 10.1. The summed E-state index contributed by atoms with van der Waals surface area (Å²) in [4.78, 5) is 19.1. The number of aromatic nitrogens is 3. The van der Waals surface area contributed by atoms with Crippen LogP contribution in [0.4, 0.5) is 0 Å². The Kier molecular flexibility index (Phi) is 5.33. The molecule has 23 heavy (non-hydrogen) atoms. The lowest BCUT2D eigenvalue weighted by Crippen LogP contribution is -2.42. The Balaban J connectivity index is 1.62. The normalized spacial score (nSPS) is 18.4. The quantitative estimate of drug-likeness (QED) is 0.884. The number of carbonyl (C=O) groups excluding carboxylic acids is 1. The van der Waals surface area contributed by atoms with Gasteiger partial charge in [-0.25, -0.2) is 4.98 Å². The summed E-state index contributed by atoms with van der Waals surface area (Å²) >= 11 is 1.49. The first kappa shape index (κ1) is 16.1. The second-order valence-electron chi connectivity index (χ2n) is 5.81. The van der Waals surface area contributed by atoms with E-state index in [-0.39, 0.29) is 11.2 Å². The molecule has 1 aliphatic rings. The zero-order chi connectivity index (χ0) is 16.1. The number of aromatic amines is 1. The molecule has 2 heterocycles. The van der Waals surface area contributed by atoms with Crippen LogP contribution in [0.1, 0.15) is 37.6 Å². The minimum absolute atomic E-state index is 0.0715. The van der Waals surface area contributed by atoms with Crippen molar-refractivity contribution in [1.82, 2.24) is 20.1 Å². The molecular weight excluding hydrogens is 308 g/mol. The zero-order valence-electron chi connectivity index (χ0n) is 13.4. The molecular formula is C17H22N4OS. The molecule has 2 aromatic rings. The molecule has 1 N–H and O–H groups in total. The van der Waals surface area contributed by atoms with E-state index >= 15 is 0 Å². The number of H-pyrrole nitrogens is 1. The van der Waals surface area contributed by atoms with Crippen LogP contribution in [-0.4, -0.2) is 37.8 Å². The van der Waals surface area contributed by atoms with E-state index in [1.54, 1.807) is 0 Å². The van der Waals surface area contributed by atoms with Crippen molar-refractivity contribution in [1.29, 1.82) is 0 Å². The molecule has 122 valence electrons. The van der Waals surface area contributed by atoms with Gasteiger partial charge in [-0.15, -0.1) is 5.10 Å². The average molecular weight is 330 g/mol. The van der Waals surface area contributed by atoms with Crippen LogP contribution >= 0.6 is 11.8 Å². The Bertz CT molecular complexity index is 643. The highest BCUT2D eigenvalue weighted by Gasteiger charge is 2.30. The molecule has 1 aromatic heterocycles.